The van der Waals surface area contributed by atoms with E-state index in [0.29, 0.717) is 0 Å². The van der Waals surface area contributed by atoms with E-state index in [0.717, 1.165) is 10.8 Å². The maximum Gasteiger partial charge on any atom is 0.0931 e. The largest absolute Gasteiger partial charge is 0.128 e. The normalized spacial score (nSPS) is 10.4. The Morgan fingerprint density at radius 2 is 1.79 bits per heavy atom. The SMILES string of the molecule is Cc1ccc(Cc2ccc(Cl)s2)cc1. The van der Waals surface area contributed by atoms with E-state index in [1.54, 1.807) is 11.3 Å². The van der Waals surface area contributed by atoms with Crippen LogP contribution in [0, 0.1) is 6.92 Å². The summed E-state index contributed by atoms with van der Waals surface area (Å²) in [6.45, 7) is 2.10. The molecule has 2 heteroatoms. The molecule has 0 bridgehead atoms. The van der Waals surface area contributed by atoms with Gasteiger partial charge in [-0.1, -0.05) is 41.4 Å². The summed E-state index contributed by atoms with van der Waals surface area (Å²) in [5, 5.41) is 0. The number of hydrogen-bond donors (Lipinski definition) is 0. The smallest absolute Gasteiger partial charge is 0.0931 e. The molecule has 0 saturated heterocycles. The van der Waals surface area contributed by atoms with Gasteiger partial charge in [0.1, 0.15) is 0 Å². The molecule has 14 heavy (non-hydrogen) atoms. The molecule has 0 unspecified atom stereocenters. The molecule has 1 heterocycles. The fourth-order valence-corrected chi connectivity index (χ4v) is 2.48. The van der Waals surface area contributed by atoms with Crippen LogP contribution >= 0.6 is 22.9 Å². The molecule has 0 atom stereocenters. The standard InChI is InChI=1S/C12H11ClS/c1-9-2-4-10(5-3-9)8-11-6-7-12(13)14-11/h2-7H,8H2,1H3. The highest BCUT2D eigenvalue weighted by Crippen LogP contribution is 2.23. The van der Waals surface area contributed by atoms with Crippen molar-refractivity contribution in [2.45, 2.75) is 13.3 Å². The first kappa shape index (κ1) is 9.75. The molecule has 1 aromatic heterocycles. The lowest BCUT2D eigenvalue weighted by Crippen LogP contribution is -1.83. The topological polar surface area (TPSA) is 0 Å². The van der Waals surface area contributed by atoms with Crippen molar-refractivity contribution in [3.8, 4) is 0 Å². The van der Waals surface area contributed by atoms with Crippen molar-refractivity contribution in [1.29, 1.82) is 0 Å². The summed E-state index contributed by atoms with van der Waals surface area (Å²) >= 11 is 7.52. The molecule has 0 radical (unpaired) electrons. The third-order valence-corrected chi connectivity index (χ3v) is 3.36. The van der Waals surface area contributed by atoms with Gasteiger partial charge in [-0.3, -0.25) is 0 Å². The van der Waals surface area contributed by atoms with Gasteiger partial charge in [0.15, 0.2) is 0 Å². The molecule has 0 fully saturated rings. The van der Waals surface area contributed by atoms with E-state index in [4.69, 9.17) is 11.6 Å². The summed E-state index contributed by atoms with van der Waals surface area (Å²) in [5.74, 6) is 0. The summed E-state index contributed by atoms with van der Waals surface area (Å²) < 4.78 is 0.868. The van der Waals surface area contributed by atoms with Crippen molar-refractivity contribution in [1.82, 2.24) is 0 Å². The van der Waals surface area contributed by atoms with Crippen LogP contribution in [0.5, 0.6) is 0 Å². The fourth-order valence-electron chi connectivity index (χ4n) is 1.35. The second-order valence-corrected chi connectivity index (χ2v) is 5.17. The minimum atomic E-state index is 0.868. The number of benzene rings is 1. The van der Waals surface area contributed by atoms with Crippen LogP contribution in [0.15, 0.2) is 36.4 Å². The van der Waals surface area contributed by atoms with Crippen LogP contribution in [0.1, 0.15) is 16.0 Å². The van der Waals surface area contributed by atoms with Crippen molar-refractivity contribution in [2.24, 2.45) is 0 Å². The number of aryl methyl sites for hydroxylation is 1. The van der Waals surface area contributed by atoms with E-state index in [1.807, 2.05) is 6.07 Å². The van der Waals surface area contributed by atoms with Crippen molar-refractivity contribution in [3.63, 3.8) is 0 Å². The highest BCUT2D eigenvalue weighted by molar-refractivity contribution is 7.16. The van der Waals surface area contributed by atoms with Crippen LogP contribution in [0.2, 0.25) is 4.34 Å². The molecule has 0 aliphatic rings. The maximum atomic E-state index is 5.87. The minimum Gasteiger partial charge on any atom is -0.128 e. The molecule has 2 rings (SSSR count). The van der Waals surface area contributed by atoms with E-state index in [2.05, 4.69) is 37.3 Å². The van der Waals surface area contributed by atoms with Crippen molar-refractivity contribution < 1.29 is 0 Å². The highest BCUT2D eigenvalue weighted by Gasteiger charge is 1.99. The predicted octanol–water partition coefficient (Wildman–Crippen LogP) is 4.30. The zero-order valence-corrected chi connectivity index (χ0v) is 9.53. The van der Waals surface area contributed by atoms with Crippen LogP contribution in [-0.2, 0) is 6.42 Å². The van der Waals surface area contributed by atoms with Gasteiger partial charge in [-0.25, -0.2) is 0 Å². The Hall–Kier alpha value is -0.790. The number of halogens is 1. The Morgan fingerprint density at radius 1 is 1.07 bits per heavy atom. The Kier molecular flexibility index (Phi) is 2.90. The van der Waals surface area contributed by atoms with E-state index in [-0.39, 0.29) is 0 Å². The third kappa shape index (κ3) is 2.37. The first-order valence-corrected chi connectivity index (χ1v) is 5.73. The molecule has 0 saturated carbocycles. The zero-order chi connectivity index (χ0) is 9.97. The molecule has 2 aromatic rings. The summed E-state index contributed by atoms with van der Waals surface area (Å²) in [4.78, 5) is 1.32. The average Bonchev–Trinajstić information content (AvgIpc) is 2.56. The van der Waals surface area contributed by atoms with Crippen LogP contribution < -0.4 is 0 Å². The van der Waals surface area contributed by atoms with Gasteiger partial charge >= 0.3 is 0 Å². The number of thiophene rings is 1. The Bertz CT molecular complexity index is 414. The van der Waals surface area contributed by atoms with Crippen LogP contribution in [0.3, 0.4) is 0 Å². The average molecular weight is 223 g/mol. The first-order valence-electron chi connectivity index (χ1n) is 4.54. The van der Waals surface area contributed by atoms with Gasteiger partial charge in [0.25, 0.3) is 0 Å². The van der Waals surface area contributed by atoms with Gasteiger partial charge in [-0.15, -0.1) is 11.3 Å². The third-order valence-electron chi connectivity index (χ3n) is 2.13. The summed E-state index contributed by atoms with van der Waals surface area (Å²) in [6.07, 6.45) is 0.984. The van der Waals surface area contributed by atoms with Gasteiger partial charge in [0.05, 0.1) is 4.34 Å². The van der Waals surface area contributed by atoms with Crippen molar-refractivity contribution in [3.05, 3.63) is 56.7 Å². The van der Waals surface area contributed by atoms with Crippen LogP contribution in [-0.4, -0.2) is 0 Å². The lowest BCUT2D eigenvalue weighted by atomic mass is 10.1. The molecule has 0 spiro atoms. The molecular weight excluding hydrogens is 212 g/mol. The number of hydrogen-bond acceptors (Lipinski definition) is 1. The predicted molar refractivity (Wildman–Crippen MR) is 63.3 cm³/mol. The highest BCUT2D eigenvalue weighted by atomic mass is 35.5. The molecule has 0 N–H and O–H groups in total. The minimum absolute atomic E-state index is 0.868. The Labute approximate surface area is 93.2 Å². The van der Waals surface area contributed by atoms with Gasteiger partial charge in [0.2, 0.25) is 0 Å². The second-order valence-electron chi connectivity index (χ2n) is 3.37. The van der Waals surface area contributed by atoms with E-state index in [9.17, 15) is 0 Å². The van der Waals surface area contributed by atoms with Crippen molar-refractivity contribution in [2.75, 3.05) is 0 Å². The summed E-state index contributed by atoms with van der Waals surface area (Å²) in [5.41, 5.74) is 2.65. The van der Waals surface area contributed by atoms with Crippen molar-refractivity contribution >= 4 is 22.9 Å². The first-order chi connectivity index (χ1) is 6.74. The van der Waals surface area contributed by atoms with Crippen LogP contribution in [0.4, 0.5) is 0 Å². The summed E-state index contributed by atoms with van der Waals surface area (Å²) in [7, 11) is 0. The van der Waals surface area contributed by atoms with Gasteiger partial charge in [-0.05, 0) is 24.6 Å². The lowest BCUT2D eigenvalue weighted by Gasteiger charge is -1.98. The molecule has 0 nitrogen and oxygen atoms in total. The van der Waals surface area contributed by atoms with E-state index >= 15 is 0 Å². The number of rotatable bonds is 2. The quantitative estimate of drug-likeness (QED) is 0.711. The Balaban J connectivity index is 2.15. The molecule has 0 aliphatic carbocycles. The molecule has 72 valence electrons. The molecule has 1 aromatic carbocycles. The van der Waals surface area contributed by atoms with Gasteiger partial charge < -0.3 is 0 Å². The van der Waals surface area contributed by atoms with E-state index in [1.165, 1.54) is 16.0 Å². The maximum absolute atomic E-state index is 5.87. The molecule has 0 aliphatic heterocycles. The monoisotopic (exact) mass is 222 g/mol. The van der Waals surface area contributed by atoms with Crippen LogP contribution in [0.25, 0.3) is 0 Å². The summed E-state index contributed by atoms with van der Waals surface area (Å²) in [6, 6.07) is 12.7. The fraction of sp³-hybridized carbons (Fsp3) is 0.167. The Morgan fingerprint density at radius 3 is 2.36 bits per heavy atom. The van der Waals surface area contributed by atoms with E-state index < -0.39 is 0 Å². The molecule has 0 amide bonds. The zero-order valence-electron chi connectivity index (χ0n) is 7.96. The second kappa shape index (κ2) is 4.16. The lowest BCUT2D eigenvalue weighted by molar-refractivity contribution is 1.23. The van der Waals surface area contributed by atoms with Gasteiger partial charge in [0, 0.05) is 11.3 Å². The molecular formula is C12H11ClS. The van der Waals surface area contributed by atoms with Gasteiger partial charge in [-0.2, -0.15) is 0 Å².